The van der Waals surface area contributed by atoms with Gasteiger partial charge in [-0.3, -0.25) is 4.79 Å². The summed E-state index contributed by atoms with van der Waals surface area (Å²) in [6.07, 6.45) is -1.07. The highest BCUT2D eigenvalue weighted by atomic mass is 35.5. The summed E-state index contributed by atoms with van der Waals surface area (Å²) in [5.74, 6) is -1.77. The largest absolute Gasteiger partial charge is 0.449 e. The van der Waals surface area contributed by atoms with E-state index in [4.69, 9.17) is 27.9 Å². The second-order valence-electron chi connectivity index (χ2n) is 4.67. The van der Waals surface area contributed by atoms with Gasteiger partial charge in [0.05, 0.1) is 16.3 Å². The minimum absolute atomic E-state index is 0.145. The number of carbonyl (C=O) groups excluding carboxylic acids is 2. The van der Waals surface area contributed by atoms with Crippen LogP contribution >= 0.6 is 23.2 Å². The lowest BCUT2D eigenvalue weighted by Gasteiger charge is -2.14. The molecule has 0 aliphatic heterocycles. The van der Waals surface area contributed by atoms with Crippen LogP contribution in [0.25, 0.3) is 0 Å². The summed E-state index contributed by atoms with van der Waals surface area (Å²) >= 11 is 11.8. The molecular weight excluding hydrogens is 344 g/mol. The summed E-state index contributed by atoms with van der Waals surface area (Å²) < 4.78 is 17.8. The fourth-order valence-electron chi connectivity index (χ4n) is 1.70. The predicted octanol–water partition coefficient (Wildman–Crippen LogP) is 4.32. The summed E-state index contributed by atoms with van der Waals surface area (Å²) in [6.45, 7) is 1.41. The van der Waals surface area contributed by atoms with Crippen LogP contribution in [0.4, 0.5) is 10.1 Å². The normalized spacial score (nSPS) is 11.7. The Morgan fingerprint density at radius 3 is 2.43 bits per heavy atom. The van der Waals surface area contributed by atoms with Gasteiger partial charge >= 0.3 is 5.97 Å². The Bertz CT molecular complexity index is 735. The summed E-state index contributed by atoms with van der Waals surface area (Å²) in [7, 11) is 0. The molecule has 0 radical (unpaired) electrons. The molecule has 0 aliphatic rings. The quantitative estimate of drug-likeness (QED) is 0.831. The Kier molecular flexibility index (Phi) is 5.58. The van der Waals surface area contributed by atoms with Crippen molar-refractivity contribution in [2.75, 3.05) is 5.32 Å². The van der Waals surface area contributed by atoms with Crippen molar-refractivity contribution in [2.45, 2.75) is 13.0 Å². The number of amides is 1. The van der Waals surface area contributed by atoms with E-state index in [0.717, 1.165) is 12.1 Å². The second kappa shape index (κ2) is 7.44. The number of carbonyl (C=O) groups is 2. The maximum atomic E-state index is 12.8. The molecule has 23 heavy (non-hydrogen) atoms. The summed E-state index contributed by atoms with van der Waals surface area (Å²) in [5.41, 5.74) is 0.459. The molecule has 2 aromatic rings. The molecule has 0 heterocycles. The maximum absolute atomic E-state index is 12.8. The molecule has 0 aromatic heterocycles. The topological polar surface area (TPSA) is 55.4 Å². The molecule has 1 amide bonds. The van der Waals surface area contributed by atoms with Gasteiger partial charge in [-0.05, 0) is 49.4 Å². The monoisotopic (exact) mass is 355 g/mol. The molecule has 0 fully saturated rings. The smallest absolute Gasteiger partial charge is 0.338 e. The lowest BCUT2D eigenvalue weighted by molar-refractivity contribution is -0.123. The van der Waals surface area contributed by atoms with Gasteiger partial charge in [-0.25, -0.2) is 9.18 Å². The van der Waals surface area contributed by atoms with Gasteiger partial charge in [0, 0.05) is 5.02 Å². The van der Waals surface area contributed by atoms with Gasteiger partial charge in [0.15, 0.2) is 6.10 Å². The number of hydrogen-bond acceptors (Lipinski definition) is 3. The molecule has 120 valence electrons. The van der Waals surface area contributed by atoms with Crippen LogP contribution < -0.4 is 5.32 Å². The van der Waals surface area contributed by atoms with Gasteiger partial charge in [-0.2, -0.15) is 0 Å². The minimum Gasteiger partial charge on any atom is -0.449 e. The molecular formula is C16H12Cl2FNO3. The van der Waals surface area contributed by atoms with Gasteiger partial charge in [-0.15, -0.1) is 0 Å². The van der Waals surface area contributed by atoms with Crippen molar-refractivity contribution in [2.24, 2.45) is 0 Å². The zero-order chi connectivity index (χ0) is 17.0. The van der Waals surface area contributed by atoms with Crippen molar-refractivity contribution in [3.05, 3.63) is 63.9 Å². The molecule has 2 aromatic carbocycles. The number of esters is 1. The van der Waals surface area contributed by atoms with Crippen LogP contribution in [0.3, 0.4) is 0 Å². The fraction of sp³-hybridized carbons (Fsp3) is 0.125. The highest BCUT2D eigenvalue weighted by Crippen LogP contribution is 2.25. The third-order valence-corrected chi connectivity index (χ3v) is 3.48. The minimum atomic E-state index is -1.07. The zero-order valence-electron chi connectivity index (χ0n) is 12.0. The van der Waals surface area contributed by atoms with Crippen LogP contribution in [0.2, 0.25) is 10.0 Å². The SMILES string of the molecule is CC(OC(=O)c1ccc(F)cc1)C(=O)Nc1cc(Cl)ccc1Cl. The van der Waals surface area contributed by atoms with Crippen LogP contribution in [-0.4, -0.2) is 18.0 Å². The van der Waals surface area contributed by atoms with E-state index in [2.05, 4.69) is 5.32 Å². The summed E-state index contributed by atoms with van der Waals surface area (Å²) in [6, 6.07) is 9.41. The van der Waals surface area contributed by atoms with E-state index in [1.54, 1.807) is 6.07 Å². The Balaban J connectivity index is 2.01. The number of halogens is 3. The molecule has 0 bridgehead atoms. The molecule has 1 N–H and O–H groups in total. The molecule has 4 nitrogen and oxygen atoms in total. The number of hydrogen-bond donors (Lipinski definition) is 1. The summed E-state index contributed by atoms with van der Waals surface area (Å²) in [5, 5.41) is 3.23. The molecule has 0 aliphatic carbocycles. The van der Waals surface area contributed by atoms with Crippen LogP contribution in [-0.2, 0) is 9.53 Å². The highest BCUT2D eigenvalue weighted by molar-refractivity contribution is 6.35. The van der Waals surface area contributed by atoms with Crippen molar-refractivity contribution in [3.63, 3.8) is 0 Å². The maximum Gasteiger partial charge on any atom is 0.338 e. The second-order valence-corrected chi connectivity index (χ2v) is 5.51. The van der Waals surface area contributed by atoms with E-state index >= 15 is 0 Å². The van der Waals surface area contributed by atoms with Crippen LogP contribution in [0.15, 0.2) is 42.5 Å². The lowest BCUT2D eigenvalue weighted by Crippen LogP contribution is -2.30. The third kappa shape index (κ3) is 4.68. The van der Waals surface area contributed by atoms with Gasteiger partial charge in [0.1, 0.15) is 5.82 Å². The van der Waals surface area contributed by atoms with Crippen LogP contribution in [0, 0.1) is 5.82 Å². The van der Waals surface area contributed by atoms with Crippen molar-refractivity contribution in [3.8, 4) is 0 Å². The van der Waals surface area contributed by atoms with Crippen molar-refractivity contribution >= 4 is 40.8 Å². The van der Waals surface area contributed by atoms with Gasteiger partial charge in [-0.1, -0.05) is 23.2 Å². The fourth-order valence-corrected chi connectivity index (χ4v) is 2.03. The number of ether oxygens (including phenoxy) is 1. The molecule has 0 saturated heterocycles. The number of rotatable bonds is 4. The highest BCUT2D eigenvalue weighted by Gasteiger charge is 2.20. The standard InChI is InChI=1S/C16H12Cl2FNO3/c1-9(23-16(22)10-2-5-12(19)6-3-10)15(21)20-14-8-11(17)4-7-13(14)18/h2-9H,1H3,(H,20,21). The van der Waals surface area contributed by atoms with Gasteiger partial charge in [0.25, 0.3) is 5.91 Å². The average molecular weight is 356 g/mol. The van der Waals surface area contributed by atoms with E-state index < -0.39 is 23.8 Å². The first-order chi connectivity index (χ1) is 10.9. The molecule has 1 atom stereocenters. The first kappa shape index (κ1) is 17.2. The Morgan fingerprint density at radius 2 is 1.78 bits per heavy atom. The van der Waals surface area contributed by atoms with E-state index in [0.29, 0.717) is 15.7 Å². The van der Waals surface area contributed by atoms with E-state index in [-0.39, 0.29) is 5.56 Å². The van der Waals surface area contributed by atoms with Crippen molar-refractivity contribution in [1.82, 2.24) is 0 Å². The lowest BCUT2D eigenvalue weighted by atomic mass is 10.2. The van der Waals surface area contributed by atoms with E-state index in [1.165, 1.54) is 31.2 Å². The number of nitrogens with one attached hydrogen (secondary N) is 1. The van der Waals surface area contributed by atoms with Gasteiger partial charge in [0.2, 0.25) is 0 Å². The van der Waals surface area contributed by atoms with Crippen LogP contribution in [0.5, 0.6) is 0 Å². The van der Waals surface area contributed by atoms with E-state index in [1.807, 2.05) is 0 Å². The molecule has 0 saturated carbocycles. The molecule has 2 rings (SSSR count). The van der Waals surface area contributed by atoms with Gasteiger partial charge < -0.3 is 10.1 Å². The number of anilines is 1. The Labute approximate surface area is 142 Å². The Hall–Kier alpha value is -2.11. The number of benzene rings is 2. The third-order valence-electron chi connectivity index (χ3n) is 2.92. The molecule has 1 unspecified atom stereocenters. The first-order valence-electron chi connectivity index (χ1n) is 6.59. The molecule has 0 spiro atoms. The van der Waals surface area contributed by atoms with Crippen molar-refractivity contribution < 1.29 is 18.7 Å². The van der Waals surface area contributed by atoms with Crippen molar-refractivity contribution in [1.29, 1.82) is 0 Å². The molecule has 7 heteroatoms. The van der Waals surface area contributed by atoms with E-state index in [9.17, 15) is 14.0 Å². The first-order valence-corrected chi connectivity index (χ1v) is 7.35. The Morgan fingerprint density at radius 1 is 1.13 bits per heavy atom. The predicted molar refractivity (Wildman–Crippen MR) is 86.4 cm³/mol. The van der Waals surface area contributed by atoms with Crippen LogP contribution in [0.1, 0.15) is 17.3 Å². The zero-order valence-corrected chi connectivity index (χ0v) is 13.5. The summed E-state index contributed by atoms with van der Waals surface area (Å²) in [4.78, 5) is 23.9. The average Bonchev–Trinajstić information content (AvgIpc) is 2.51.